The zero-order valence-corrected chi connectivity index (χ0v) is 13.5. The predicted octanol–water partition coefficient (Wildman–Crippen LogP) is 5.81. The van der Waals surface area contributed by atoms with E-state index in [1.807, 2.05) is 18.2 Å². The van der Waals surface area contributed by atoms with Gasteiger partial charge < -0.3 is 4.74 Å². The van der Waals surface area contributed by atoms with E-state index in [-0.39, 0.29) is 11.2 Å². The second-order valence-electron chi connectivity index (χ2n) is 5.73. The summed E-state index contributed by atoms with van der Waals surface area (Å²) in [5.74, 6) is 1.24. The molecule has 0 saturated heterocycles. The van der Waals surface area contributed by atoms with Gasteiger partial charge in [0.25, 0.3) is 0 Å². The van der Waals surface area contributed by atoms with Gasteiger partial charge in [-0.1, -0.05) is 54.9 Å². The third kappa shape index (κ3) is 3.40. The maximum atomic E-state index is 13.3. The molecule has 0 saturated carbocycles. The van der Waals surface area contributed by atoms with Crippen LogP contribution in [-0.4, -0.2) is 0 Å². The number of hydrogen-bond acceptors (Lipinski definition) is 1. The lowest BCUT2D eigenvalue weighted by atomic mass is 9.86. The number of rotatable bonds is 3. The summed E-state index contributed by atoms with van der Waals surface area (Å²) < 4.78 is 19.3. The summed E-state index contributed by atoms with van der Waals surface area (Å²) >= 11 is 3.37. The summed E-state index contributed by atoms with van der Waals surface area (Å²) in [5.41, 5.74) is 1.92. The summed E-state index contributed by atoms with van der Waals surface area (Å²) in [6.07, 6.45) is 0. The molecule has 3 heteroatoms. The molecule has 0 fully saturated rings. The first-order valence-electron chi connectivity index (χ1n) is 6.53. The molecule has 0 aliphatic rings. The molecule has 2 aromatic carbocycles. The number of ether oxygens (including phenoxy) is 1. The highest BCUT2D eigenvalue weighted by Gasteiger charge is 2.19. The van der Waals surface area contributed by atoms with Crippen molar-refractivity contribution < 1.29 is 9.13 Å². The molecular formula is C17H18BrFO. The van der Waals surface area contributed by atoms with Crippen LogP contribution in [0.3, 0.4) is 0 Å². The highest BCUT2D eigenvalue weighted by Crippen LogP contribution is 2.35. The lowest BCUT2D eigenvalue weighted by Crippen LogP contribution is -2.12. The quantitative estimate of drug-likeness (QED) is 0.642. The monoisotopic (exact) mass is 336 g/mol. The molecule has 20 heavy (non-hydrogen) atoms. The van der Waals surface area contributed by atoms with Crippen molar-refractivity contribution in [3.05, 3.63) is 59.4 Å². The Balaban J connectivity index is 2.41. The Bertz CT molecular complexity index is 602. The van der Waals surface area contributed by atoms with Crippen molar-refractivity contribution >= 4 is 15.9 Å². The fourth-order valence-electron chi connectivity index (χ4n) is 2.05. The van der Waals surface area contributed by atoms with Crippen molar-refractivity contribution in [2.75, 3.05) is 0 Å². The smallest absolute Gasteiger partial charge is 0.131 e. The van der Waals surface area contributed by atoms with E-state index >= 15 is 0 Å². The van der Waals surface area contributed by atoms with Gasteiger partial charge >= 0.3 is 0 Å². The number of para-hydroxylation sites is 1. The van der Waals surface area contributed by atoms with Gasteiger partial charge in [0.1, 0.15) is 17.3 Å². The highest BCUT2D eigenvalue weighted by atomic mass is 79.9. The van der Waals surface area contributed by atoms with Gasteiger partial charge in [-0.05, 0) is 29.7 Å². The summed E-state index contributed by atoms with van der Waals surface area (Å²) in [5, 5.41) is 0.553. The van der Waals surface area contributed by atoms with Crippen LogP contribution in [0.25, 0.3) is 0 Å². The van der Waals surface area contributed by atoms with Crippen LogP contribution in [0, 0.1) is 5.82 Å². The molecule has 2 rings (SSSR count). The van der Waals surface area contributed by atoms with Crippen molar-refractivity contribution in [1.29, 1.82) is 0 Å². The van der Waals surface area contributed by atoms with Gasteiger partial charge in [-0.25, -0.2) is 4.39 Å². The van der Waals surface area contributed by atoms with Crippen LogP contribution in [0.2, 0.25) is 0 Å². The summed E-state index contributed by atoms with van der Waals surface area (Å²) in [6, 6.07) is 12.5. The van der Waals surface area contributed by atoms with Gasteiger partial charge in [-0.15, -0.1) is 0 Å². The summed E-state index contributed by atoms with van der Waals surface area (Å²) in [4.78, 5) is 0. The van der Waals surface area contributed by atoms with Crippen molar-refractivity contribution in [2.24, 2.45) is 0 Å². The molecule has 0 atom stereocenters. The molecular weight excluding hydrogens is 319 g/mol. The maximum Gasteiger partial charge on any atom is 0.131 e. The van der Waals surface area contributed by atoms with E-state index in [9.17, 15) is 4.39 Å². The van der Waals surface area contributed by atoms with Crippen molar-refractivity contribution in [2.45, 2.75) is 31.5 Å². The van der Waals surface area contributed by atoms with E-state index in [0.29, 0.717) is 11.1 Å². The lowest BCUT2D eigenvalue weighted by molar-refractivity contribution is 0.450. The second-order valence-corrected chi connectivity index (χ2v) is 6.29. The molecule has 106 valence electrons. The zero-order valence-electron chi connectivity index (χ0n) is 11.9. The van der Waals surface area contributed by atoms with E-state index in [4.69, 9.17) is 4.74 Å². The normalized spacial score (nSPS) is 11.4. The Morgan fingerprint density at radius 1 is 1.05 bits per heavy atom. The van der Waals surface area contributed by atoms with Gasteiger partial charge in [-0.2, -0.15) is 0 Å². The van der Waals surface area contributed by atoms with E-state index in [1.54, 1.807) is 6.07 Å². The molecule has 0 radical (unpaired) electrons. The van der Waals surface area contributed by atoms with E-state index < -0.39 is 0 Å². The topological polar surface area (TPSA) is 9.23 Å². The van der Waals surface area contributed by atoms with Gasteiger partial charge in [0.05, 0.1) is 0 Å². The molecule has 0 N–H and O–H groups in total. The summed E-state index contributed by atoms with van der Waals surface area (Å²) in [7, 11) is 0. The minimum Gasteiger partial charge on any atom is -0.457 e. The number of hydrogen-bond donors (Lipinski definition) is 0. The van der Waals surface area contributed by atoms with Crippen LogP contribution in [0.15, 0.2) is 42.5 Å². The Morgan fingerprint density at radius 2 is 1.75 bits per heavy atom. The first-order chi connectivity index (χ1) is 9.41. The SMILES string of the molecule is CC(C)(C)c1ccccc1Oc1ccc(F)cc1CBr. The fourth-order valence-corrected chi connectivity index (χ4v) is 2.48. The van der Waals surface area contributed by atoms with Crippen molar-refractivity contribution in [3.8, 4) is 11.5 Å². The molecule has 1 nitrogen and oxygen atoms in total. The van der Waals surface area contributed by atoms with Gasteiger partial charge in [0, 0.05) is 16.5 Å². The Labute approximate surface area is 127 Å². The molecule has 0 unspecified atom stereocenters. The third-order valence-electron chi connectivity index (χ3n) is 3.08. The number of halogens is 2. The fraction of sp³-hybridized carbons (Fsp3) is 0.294. The van der Waals surface area contributed by atoms with Crippen molar-refractivity contribution in [3.63, 3.8) is 0 Å². The minimum absolute atomic E-state index is 0.00874. The van der Waals surface area contributed by atoms with Crippen LogP contribution in [-0.2, 0) is 10.7 Å². The van der Waals surface area contributed by atoms with Crippen LogP contribution >= 0.6 is 15.9 Å². The van der Waals surface area contributed by atoms with Gasteiger partial charge in [0.2, 0.25) is 0 Å². The highest BCUT2D eigenvalue weighted by molar-refractivity contribution is 9.08. The van der Waals surface area contributed by atoms with Crippen molar-refractivity contribution in [1.82, 2.24) is 0 Å². The standard InChI is InChI=1S/C17H18BrFO/c1-17(2,3)14-6-4-5-7-16(14)20-15-9-8-13(19)10-12(15)11-18/h4-10H,11H2,1-3H3. The zero-order chi connectivity index (χ0) is 14.8. The third-order valence-corrected chi connectivity index (χ3v) is 3.69. The van der Waals surface area contributed by atoms with E-state index in [1.165, 1.54) is 12.1 Å². The van der Waals surface area contributed by atoms with Gasteiger partial charge in [-0.3, -0.25) is 0 Å². The molecule has 0 heterocycles. The van der Waals surface area contributed by atoms with E-state index in [2.05, 4.69) is 42.8 Å². The van der Waals surface area contributed by atoms with Crippen LogP contribution in [0.1, 0.15) is 31.9 Å². The Hall–Kier alpha value is -1.35. The average molecular weight is 337 g/mol. The molecule has 0 amide bonds. The van der Waals surface area contributed by atoms with Crippen LogP contribution in [0.4, 0.5) is 4.39 Å². The lowest BCUT2D eigenvalue weighted by Gasteiger charge is -2.23. The number of benzene rings is 2. The first kappa shape index (κ1) is 15.0. The molecule has 0 aliphatic heterocycles. The van der Waals surface area contributed by atoms with Gasteiger partial charge in [0.15, 0.2) is 0 Å². The van der Waals surface area contributed by atoms with E-state index in [0.717, 1.165) is 16.9 Å². The Kier molecular flexibility index (Phi) is 4.48. The summed E-state index contributed by atoms with van der Waals surface area (Å²) in [6.45, 7) is 6.43. The average Bonchev–Trinajstić information content (AvgIpc) is 2.40. The first-order valence-corrected chi connectivity index (χ1v) is 7.65. The molecule has 2 aromatic rings. The largest absolute Gasteiger partial charge is 0.457 e. The molecule has 0 bridgehead atoms. The maximum absolute atomic E-state index is 13.3. The molecule has 0 aromatic heterocycles. The minimum atomic E-state index is -0.254. The Morgan fingerprint density at radius 3 is 2.40 bits per heavy atom. The second kappa shape index (κ2) is 5.96. The van der Waals surface area contributed by atoms with Crippen LogP contribution < -0.4 is 4.74 Å². The number of alkyl halides is 1. The molecule has 0 spiro atoms. The molecule has 0 aliphatic carbocycles. The predicted molar refractivity (Wildman–Crippen MR) is 84.2 cm³/mol. The van der Waals surface area contributed by atoms with Crippen LogP contribution in [0.5, 0.6) is 11.5 Å².